The van der Waals surface area contributed by atoms with Gasteiger partial charge in [0.15, 0.2) is 0 Å². The quantitative estimate of drug-likeness (QED) is 0.810. The van der Waals surface area contributed by atoms with Gasteiger partial charge in [0.25, 0.3) is 0 Å². The molecule has 1 aliphatic heterocycles. The van der Waals surface area contributed by atoms with E-state index in [2.05, 4.69) is 13.8 Å². The molecule has 1 fully saturated rings. The smallest absolute Gasteiger partial charge is 0.214 e. The SMILES string of the molecule is CC1CC(C)C(C)N(S(=O)(=O)CCCO)C1. The second-order valence-corrected chi connectivity index (χ2v) is 7.06. The summed E-state index contributed by atoms with van der Waals surface area (Å²) in [6.45, 7) is 6.74. The average Bonchev–Trinajstić information content (AvgIpc) is 2.20. The Morgan fingerprint density at radius 3 is 2.50 bits per heavy atom. The summed E-state index contributed by atoms with van der Waals surface area (Å²) < 4.78 is 25.7. The molecule has 3 unspecified atom stereocenters. The maximum atomic E-state index is 12.1. The Labute approximate surface area is 98.7 Å². The lowest BCUT2D eigenvalue weighted by Gasteiger charge is -2.40. The van der Waals surface area contributed by atoms with Crippen molar-refractivity contribution < 1.29 is 13.5 Å². The Balaban J connectivity index is 2.76. The molecule has 0 aliphatic carbocycles. The molecular formula is C11H23NO3S. The third-order valence-corrected chi connectivity index (χ3v) is 5.46. The molecule has 0 bridgehead atoms. The van der Waals surface area contributed by atoms with Crippen molar-refractivity contribution in [2.75, 3.05) is 18.9 Å². The van der Waals surface area contributed by atoms with Crippen LogP contribution >= 0.6 is 0 Å². The molecule has 0 aromatic carbocycles. The van der Waals surface area contributed by atoms with E-state index in [1.54, 1.807) is 4.31 Å². The topological polar surface area (TPSA) is 57.6 Å². The van der Waals surface area contributed by atoms with Gasteiger partial charge >= 0.3 is 0 Å². The second-order valence-electron chi connectivity index (χ2n) is 5.02. The van der Waals surface area contributed by atoms with Crippen LogP contribution in [-0.4, -0.2) is 42.8 Å². The molecule has 5 heteroatoms. The van der Waals surface area contributed by atoms with E-state index < -0.39 is 10.0 Å². The predicted octanol–water partition coefficient (Wildman–Crippen LogP) is 1.06. The Morgan fingerprint density at radius 2 is 1.94 bits per heavy atom. The molecule has 1 rings (SSSR count). The lowest BCUT2D eigenvalue weighted by molar-refractivity contribution is 0.157. The summed E-state index contributed by atoms with van der Waals surface area (Å²) in [5, 5.41) is 8.71. The third-order valence-electron chi connectivity index (χ3n) is 3.46. The maximum Gasteiger partial charge on any atom is 0.214 e. The molecule has 1 N–H and O–H groups in total. The van der Waals surface area contributed by atoms with E-state index in [4.69, 9.17) is 5.11 Å². The highest BCUT2D eigenvalue weighted by Gasteiger charge is 2.35. The Kier molecular flexibility index (Phi) is 4.76. The van der Waals surface area contributed by atoms with Gasteiger partial charge in [-0.3, -0.25) is 0 Å². The molecule has 0 saturated carbocycles. The molecule has 0 amide bonds. The van der Waals surface area contributed by atoms with Gasteiger partial charge < -0.3 is 5.11 Å². The van der Waals surface area contributed by atoms with Crippen LogP contribution in [0.15, 0.2) is 0 Å². The number of aliphatic hydroxyl groups excluding tert-OH is 1. The summed E-state index contributed by atoms with van der Waals surface area (Å²) in [4.78, 5) is 0. The highest BCUT2D eigenvalue weighted by atomic mass is 32.2. The van der Waals surface area contributed by atoms with Crippen molar-refractivity contribution in [1.29, 1.82) is 0 Å². The van der Waals surface area contributed by atoms with Crippen LogP contribution in [0.25, 0.3) is 0 Å². The number of nitrogens with zero attached hydrogens (tertiary/aromatic N) is 1. The summed E-state index contributed by atoms with van der Waals surface area (Å²) in [6, 6.07) is 0.0832. The van der Waals surface area contributed by atoms with E-state index in [-0.39, 0.29) is 18.4 Å². The van der Waals surface area contributed by atoms with Crippen LogP contribution in [0.3, 0.4) is 0 Å². The monoisotopic (exact) mass is 249 g/mol. The molecule has 4 nitrogen and oxygen atoms in total. The first-order valence-electron chi connectivity index (χ1n) is 5.99. The van der Waals surface area contributed by atoms with Crippen LogP contribution in [0.5, 0.6) is 0 Å². The fraction of sp³-hybridized carbons (Fsp3) is 1.00. The minimum Gasteiger partial charge on any atom is -0.396 e. The van der Waals surface area contributed by atoms with Gasteiger partial charge in [0.2, 0.25) is 10.0 Å². The van der Waals surface area contributed by atoms with Crippen molar-refractivity contribution in [3.05, 3.63) is 0 Å². The predicted molar refractivity (Wildman–Crippen MR) is 64.6 cm³/mol. The van der Waals surface area contributed by atoms with Crippen LogP contribution in [0, 0.1) is 11.8 Å². The Hall–Kier alpha value is -0.130. The third kappa shape index (κ3) is 3.18. The van der Waals surface area contributed by atoms with Crippen molar-refractivity contribution in [3.8, 4) is 0 Å². The minimum absolute atomic E-state index is 0.0628. The molecule has 1 heterocycles. The van der Waals surface area contributed by atoms with Gasteiger partial charge in [0, 0.05) is 19.2 Å². The largest absolute Gasteiger partial charge is 0.396 e. The van der Waals surface area contributed by atoms with E-state index in [1.165, 1.54) is 0 Å². The normalized spacial score (nSPS) is 32.9. The number of aliphatic hydroxyl groups is 1. The first-order valence-corrected chi connectivity index (χ1v) is 7.59. The summed E-state index contributed by atoms with van der Waals surface area (Å²) in [5.74, 6) is 0.899. The van der Waals surface area contributed by atoms with Gasteiger partial charge in [0.1, 0.15) is 0 Å². The standard InChI is InChI=1S/C11H23NO3S/c1-9-7-10(2)11(3)12(8-9)16(14,15)6-4-5-13/h9-11,13H,4-8H2,1-3H3. The van der Waals surface area contributed by atoms with E-state index in [0.717, 1.165) is 6.42 Å². The van der Waals surface area contributed by atoms with Crippen molar-refractivity contribution in [1.82, 2.24) is 4.31 Å². The van der Waals surface area contributed by atoms with Gasteiger partial charge in [-0.2, -0.15) is 4.31 Å². The molecular weight excluding hydrogens is 226 g/mol. The second kappa shape index (κ2) is 5.47. The molecule has 3 atom stereocenters. The molecule has 16 heavy (non-hydrogen) atoms. The van der Waals surface area contributed by atoms with Gasteiger partial charge in [0.05, 0.1) is 5.75 Å². The highest BCUT2D eigenvalue weighted by Crippen LogP contribution is 2.29. The first-order chi connectivity index (χ1) is 7.38. The van der Waals surface area contributed by atoms with Crippen molar-refractivity contribution >= 4 is 10.0 Å². The molecule has 0 aromatic rings. The summed E-state index contributed by atoms with van der Waals surface area (Å²) in [7, 11) is -3.19. The van der Waals surface area contributed by atoms with Crippen LogP contribution < -0.4 is 0 Å². The molecule has 96 valence electrons. The average molecular weight is 249 g/mol. The van der Waals surface area contributed by atoms with Gasteiger partial charge in [-0.25, -0.2) is 8.42 Å². The lowest BCUT2D eigenvalue weighted by Crippen LogP contribution is -2.49. The fourth-order valence-electron chi connectivity index (χ4n) is 2.39. The molecule has 1 saturated heterocycles. The molecule has 0 spiro atoms. The zero-order chi connectivity index (χ0) is 12.3. The van der Waals surface area contributed by atoms with Gasteiger partial charge in [-0.1, -0.05) is 13.8 Å². The van der Waals surface area contributed by atoms with Gasteiger partial charge in [-0.05, 0) is 31.6 Å². The van der Waals surface area contributed by atoms with Crippen molar-refractivity contribution in [3.63, 3.8) is 0 Å². The molecule has 0 radical (unpaired) electrons. The summed E-state index contributed by atoms with van der Waals surface area (Å²) >= 11 is 0. The van der Waals surface area contributed by atoms with Crippen LogP contribution in [0.2, 0.25) is 0 Å². The highest BCUT2D eigenvalue weighted by molar-refractivity contribution is 7.89. The number of rotatable bonds is 4. The van der Waals surface area contributed by atoms with Crippen molar-refractivity contribution in [2.24, 2.45) is 11.8 Å². The molecule has 1 aliphatic rings. The number of hydrogen-bond acceptors (Lipinski definition) is 3. The van der Waals surface area contributed by atoms with Crippen LogP contribution in [-0.2, 0) is 10.0 Å². The van der Waals surface area contributed by atoms with E-state index >= 15 is 0 Å². The zero-order valence-electron chi connectivity index (χ0n) is 10.4. The minimum atomic E-state index is -3.19. The van der Waals surface area contributed by atoms with E-state index in [9.17, 15) is 8.42 Å². The van der Waals surface area contributed by atoms with Gasteiger partial charge in [-0.15, -0.1) is 0 Å². The first kappa shape index (κ1) is 13.9. The lowest BCUT2D eigenvalue weighted by atomic mass is 9.88. The molecule has 0 aromatic heterocycles. The zero-order valence-corrected chi connectivity index (χ0v) is 11.2. The number of sulfonamides is 1. The van der Waals surface area contributed by atoms with E-state index in [0.29, 0.717) is 24.8 Å². The van der Waals surface area contributed by atoms with E-state index in [1.807, 2.05) is 6.92 Å². The Morgan fingerprint density at radius 1 is 1.31 bits per heavy atom. The summed E-state index contributed by atoms with van der Waals surface area (Å²) in [6.07, 6.45) is 1.42. The number of hydrogen-bond donors (Lipinski definition) is 1. The van der Waals surface area contributed by atoms with Crippen molar-refractivity contribution in [2.45, 2.75) is 39.7 Å². The van der Waals surface area contributed by atoms with Crippen LogP contribution in [0.4, 0.5) is 0 Å². The fourth-order valence-corrected chi connectivity index (χ4v) is 4.32. The van der Waals surface area contributed by atoms with Crippen LogP contribution in [0.1, 0.15) is 33.6 Å². The summed E-state index contributed by atoms with van der Waals surface area (Å²) in [5.41, 5.74) is 0. The number of piperidine rings is 1. The Bertz CT molecular complexity index is 315. The maximum absolute atomic E-state index is 12.1.